The van der Waals surface area contributed by atoms with Crippen LogP contribution in [0.2, 0.25) is 0 Å². The van der Waals surface area contributed by atoms with Gasteiger partial charge in [-0.2, -0.15) is 5.26 Å². The first kappa shape index (κ1) is 11.3. The lowest BCUT2D eigenvalue weighted by Gasteiger charge is -2.09. The molecule has 0 aliphatic carbocycles. The Labute approximate surface area is 77.1 Å². The molecule has 1 unspecified atom stereocenters. The Morgan fingerprint density at radius 3 is 2.83 bits per heavy atom. The Bertz CT molecular complexity index is 176. The van der Waals surface area contributed by atoms with E-state index in [-0.39, 0.29) is 11.2 Å². The molecule has 0 amide bonds. The zero-order valence-corrected chi connectivity index (χ0v) is 8.19. The van der Waals surface area contributed by atoms with Gasteiger partial charge in [-0.15, -0.1) is 11.8 Å². The highest BCUT2D eigenvalue weighted by Gasteiger charge is 2.16. The van der Waals surface area contributed by atoms with Crippen LogP contribution in [0.4, 0.5) is 0 Å². The third-order valence-corrected chi connectivity index (χ3v) is 2.74. The normalized spacial score (nSPS) is 11.8. The number of carbonyl (C=O) groups is 1. The predicted octanol–water partition coefficient (Wildman–Crippen LogP) is 1.58. The largest absolute Gasteiger partial charge is 0.468 e. The third-order valence-electron chi connectivity index (χ3n) is 1.37. The van der Waals surface area contributed by atoms with Gasteiger partial charge >= 0.3 is 5.97 Å². The number of methoxy groups -OCH3 is 1. The quantitative estimate of drug-likeness (QED) is 0.484. The van der Waals surface area contributed by atoms with E-state index in [1.54, 1.807) is 0 Å². The summed E-state index contributed by atoms with van der Waals surface area (Å²) < 4.78 is 4.59. The SMILES string of the molecule is CCC(SCCC#N)C(=O)OC. The van der Waals surface area contributed by atoms with Crippen LogP contribution >= 0.6 is 11.8 Å². The summed E-state index contributed by atoms with van der Waals surface area (Å²) in [6.45, 7) is 1.93. The van der Waals surface area contributed by atoms with Crippen molar-refractivity contribution in [3.05, 3.63) is 0 Å². The van der Waals surface area contributed by atoms with Crippen molar-refractivity contribution in [2.75, 3.05) is 12.9 Å². The lowest BCUT2D eigenvalue weighted by molar-refractivity contribution is -0.140. The second kappa shape index (κ2) is 6.99. The molecule has 0 spiro atoms. The van der Waals surface area contributed by atoms with Crippen molar-refractivity contribution in [3.8, 4) is 6.07 Å². The van der Waals surface area contributed by atoms with Crippen molar-refractivity contribution in [2.45, 2.75) is 25.0 Å². The maximum atomic E-state index is 11.0. The van der Waals surface area contributed by atoms with Crippen LogP contribution in [-0.4, -0.2) is 24.1 Å². The first-order valence-electron chi connectivity index (χ1n) is 3.82. The molecular formula is C8H13NO2S. The molecule has 0 aromatic heterocycles. The number of carbonyl (C=O) groups excluding carboxylic acids is 1. The zero-order valence-electron chi connectivity index (χ0n) is 7.37. The second-order valence-electron chi connectivity index (χ2n) is 2.20. The number of esters is 1. The number of hydrogen-bond donors (Lipinski definition) is 0. The molecule has 0 aromatic carbocycles. The van der Waals surface area contributed by atoms with Gasteiger partial charge in [-0.25, -0.2) is 0 Å². The maximum Gasteiger partial charge on any atom is 0.318 e. The van der Waals surface area contributed by atoms with Gasteiger partial charge in [0.25, 0.3) is 0 Å². The van der Waals surface area contributed by atoms with Crippen molar-refractivity contribution >= 4 is 17.7 Å². The Morgan fingerprint density at radius 1 is 1.75 bits per heavy atom. The number of rotatable bonds is 5. The topological polar surface area (TPSA) is 50.1 Å². The lowest BCUT2D eigenvalue weighted by atomic mass is 10.3. The molecule has 0 rings (SSSR count). The maximum absolute atomic E-state index is 11.0. The Morgan fingerprint density at radius 2 is 2.42 bits per heavy atom. The summed E-state index contributed by atoms with van der Waals surface area (Å²) in [5.74, 6) is 0.504. The van der Waals surface area contributed by atoms with E-state index in [2.05, 4.69) is 4.74 Å². The molecular weight excluding hydrogens is 174 g/mol. The highest BCUT2D eigenvalue weighted by molar-refractivity contribution is 8.00. The van der Waals surface area contributed by atoms with E-state index in [0.717, 1.165) is 6.42 Å². The molecule has 68 valence electrons. The van der Waals surface area contributed by atoms with Gasteiger partial charge in [-0.1, -0.05) is 6.92 Å². The van der Waals surface area contributed by atoms with Crippen LogP contribution < -0.4 is 0 Å². The van der Waals surface area contributed by atoms with Gasteiger partial charge in [0.1, 0.15) is 5.25 Å². The van der Waals surface area contributed by atoms with Gasteiger partial charge in [0.15, 0.2) is 0 Å². The van der Waals surface area contributed by atoms with E-state index in [1.165, 1.54) is 18.9 Å². The Kier molecular flexibility index (Phi) is 6.58. The van der Waals surface area contributed by atoms with Crippen molar-refractivity contribution in [2.24, 2.45) is 0 Å². The fourth-order valence-electron chi connectivity index (χ4n) is 0.731. The van der Waals surface area contributed by atoms with Crippen molar-refractivity contribution in [1.29, 1.82) is 5.26 Å². The molecule has 1 atom stereocenters. The van der Waals surface area contributed by atoms with E-state index in [4.69, 9.17) is 5.26 Å². The van der Waals surface area contributed by atoms with Crippen molar-refractivity contribution in [3.63, 3.8) is 0 Å². The van der Waals surface area contributed by atoms with Crippen LogP contribution in [-0.2, 0) is 9.53 Å². The molecule has 12 heavy (non-hydrogen) atoms. The molecule has 0 aliphatic heterocycles. The molecule has 0 radical (unpaired) electrons. The van der Waals surface area contributed by atoms with Crippen LogP contribution in [0.3, 0.4) is 0 Å². The Balaban J connectivity index is 3.69. The molecule has 0 N–H and O–H groups in total. The minimum Gasteiger partial charge on any atom is -0.468 e. The van der Waals surface area contributed by atoms with Crippen LogP contribution in [0, 0.1) is 11.3 Å². The fourth-order valence-corrected chi connectivity index (χ4v) is 1.69. The number of thioether (sulfide) groups is 1. The summed E-state index contributed by atoms with van der Waals surface area (Å²) in [4.78, 5) is 11.0. The molecule has 0 saturated heterocycles. The predicted molar refractivity (Wildman–Crippen MR) is 48.8 cm³/mol. The number of hydrogen-bond acceptors (Lipinski definition) is 4. The van der Waals surface area contributed by atoms with Crippen molar-refractivity contribution in [1.82, 2.24) is 0 Å². The van der Waals surface area contributed by atoms with E-state index in [1.807, 2.05) is 13.0 Å². The third kappa shape index (κ3) is 4.24. The molecule has 4 heteroatoms. The summed E-state index contributed by atoms with van der Waals surface area (Å²) in [5, 5.41) is 8.16. The molecule has 0 bridgehead atoms. The number of nitriles is 1. The monoisotopic (exact) mass is 187 g/mol. The van der Waals surface area contributed by atoms with Gasteiger partial charge < -0.3 is 4.74 Å². The van der Waals surface area contributed by atoms with Crippen LogP contribution in [0.25, 0.3) is 0 Å². The van der Waals surface area contributed by atoms with E-state index < -0.39 is 0 Å². The lowest BCUT2D eigenvalue weighted by Crippen LogP contribution is -2.18. The first-order chi connectivity index (χ1) is 5.76. The van der Waals surface area contributed by atoms with Gasteiger partial charge in [0.05, 0.1) is 13.2 Å². The van der Waals surface area contributed by atoms with Crippen molar-refractivity contribution < 1.29 is 9.53 Å². The number of ether oxygens (including phenoxy) is 1. The van der Waals surface area contributed by atoms with Gasteiger partial charge in [0.2, 0.25) is 0 Å². The minimum absolute atomic E-state index is 0.108. The van der Waals surface area contributed by atoms with Gasteiger partial charge in [-0.05, 0) is 6.42 Å². The highest BCUT2D eigenvalue weighted by atomic mass is 32.2. The van der Waals surface area contributed by atoms with Crippen LogP contribution in [0.1, 0.15) is 19.8 Å². The van der Waals surface area contributed by atoms with Crippen LogP contribution in [0.15, 0.2) is 0 Å². The summed E-state index contributed by atoms with van der Waals surface area (Å²) in [6.07, 6.45) is 1.24. The van der Waals surface area contributed by atoms with E-state index in [0.29, 0.717) is 12.2 Å². The van der Waals surface area contributed by atoms with Crippen LogP contribution in [0.5, 0.6) is 0 Å². The van der Waals surface area contributed by atoms with Gasteiger partial charge in [-0.3, -0.25) is 4.79 Å². The first-order valence-corrected chi connectivity index (χ1v) is 4.87. The summed E-state index contributed by atoms with van der Waals surface area (Å²) in [5.41, 5.74) is 0. The standard InChI is InChI=1S/C8H13NO2S/c1-3-7(8(10)11-2)12-6-4-5-9/h7H,3-4,6H2,1-2H3. The van der Waals surface area contributed by atoms with Gasteiger partial charge in [0, 0.05) is 12.2 Å². The zero-order chi connectivity index (χ0) is 9.40. The summed E-state index contributed by atoms with van der Waals surface area (Å²) in [6, 6.07) is 2.03. The molecule has 0 saturated carbocycles. The molecule has 0 heterocycles. The highest BCUT2D eigenvalue weighted by Crippen LogP contribution is 2.16. The number of nitrogens with zero attached hydrogens (tertiary/aromatic N) is 1. The minimum atomic E-state index is -0.194. The Hall–Kier alpha value is -0.690. The molecule has 0 aromatic rings. The molecule has 0 aliphatic rings. The molecule has 3 nitrogen and oxygen atoms in total. The van der Waals surface area contributed by atoms with E-state index >= 15 is 0 Å². The average Bonchev–Trinajstić information content (AvgIpc) is 2.11. The smallest absolute Gasteiger partial charge is 0.318 e. The van der Waals surface area contributed by atoms with E-state index in [9.17, 15) is 4.79 Å². The fraction of sp³-hybridized carbons (Fsp3) is 0.750. The molecule has 0 fully saturated rings. The summed E-state index contributed by atoms with van der Waals surface area (Å²) >= 11 is 1.48. The second-order valence-corrected chi connectivity index (χ2v) is 3.51. The average molecular weight is 187 g/mol. The summed E-state index contributed by atoms with van der Waals surface area (Å²) in [7, 11) is 1.38.